The first-order valence-corrected chi connectivity index (χ1v) is 6.92. The highest BCUT2D eigenvalue weighted by atomic mass is 16.5. The Bertz CT molecular complexity index is 747. The molecule has 0 aliphatic carbocycles. The molecule has 5 nitrogen and oxygen atoms in total. The van der Waals surface area contributed by atoms with E-state index in [1.54, 1.807) is 19.1 Å². The van der Waals surface area contributed by atoms with Crippen LogP contribution in [0.5, 0.6) is 0 Å². The molecule has 1 aromatic carbocycles. The van der Waals surface area contributed by atoms with E-state index >= 15 is 0 Å². The van der Waals surface area contributed by atoms with Crippen molar-refractivity contribution < 1.29 is 9.53 Å². The third kappa shape index (κ3) is 3.02. The maximum Gasteiger partial charge on any atom is 0.327 e. The minimum atomic E-state index is -0.462. The van der Waals surface area contributed by atoms with Gasteiger partial charge in [-0.3, -0.25) is 9.59 Å². The average molecular weight is 286 g/mol. The number of nitrogens with zero attached hydrogens (tertiary/aromatic N) is 2. The van der Waals surface area contributed by atoms with Crippen LogP contribution in [0.1, 0.15) is 25.1 Å². The predicted octanol–water partition coefficient (Wildman–Crippen LogP) is 2.17. The van der Waals surface area contributed by atoms with Crippen molar-refractivity contribution in [2.24, 2.45) is 0 Å². The van der Waals surface area contributed by atoms with E-state index in [0.717, 1.165) is 16.6 Å². The van der Waals surface area contributed by atoms with E-state index in [1.807, 2.05) is 19.1 Å². The van der Waals surface area contributed by atoms with Gasteiger partial charge in [-0.2, -0.15) is 5.10 Å². The third-order valence-corrected chi connectivity index (χ3v) is 3.22. The molecule has 0 aliphatic heterocycles. The van der Waals surface area contributed by atoms with Gasteiger partial charge >= 0.3 is 5.97 Å². The topological polar surface area (TPSA) is 61.2 Å². The van der Waals surface area contributed by atoms with Gasteiger partial charge in [-0.05, 0) is 31.0 Å². The summed E-state index contributed by atoms with van der Waals surface area (Å²) in [6.45, 7) is 7.53. The summed E-state index contributed by atoms with van der Waals surface area (Å²) in [6.07, 6.45) is 2.39. The highest BCUT2D eigenvalue weighted by Gasteiger charge is 2.12. The van der Waals surface area contributed by atoms with Crippen LogP contribution in [0.4, 0.5) is 0 Å². The zero-order chi connectivity index (χ0) is 15.4. The van der Waals surface area contributed by atoms with E-state index in [9.17, 15) is 9.59 Å². The van der Waals surface area contributed by atoms with E-state index in [4.69, 9.17) is 4.74 Å². The van der Waals surface area contributed by atoms with Crippen molar-refractivity contribution in [2.45, 2.75) is 26.8 Å². The smallest absolute Gasteiger partial charge is 0.327 e. The number of aromatic nitrogens is 2. The maximum absolute atomic E-state index is 12.4. The van der Waals surface area contributed by atoms with Gasteiger partial charge in [-0.25, -0.2) is 4.68 Å². The Balaban J connectivity index is 2.59. The number of esters is 1. The Hall–Kier alpha value is -2.43. The Morgan fingerprint density at radius 1 is 1.38 bits per heavy atom. The van der Waals surface area contributed by atoms with Gasteiger partial charge in [0.05, 0.1) is 17.7 Å². The summed E-state index contributed by atoms with van der Waals surface area (Å²) in [7, 11) is 0. The van der Waals surface area contributed by atoms with Crippen molar-refractivity contribution in [1.29, 1.82) is 0 Å². The molecule has 0 bridgehead atoms. The Morgan fingerprint density at radius 3 is 2.76 bits per heavy atom. The van der Waals surface area contributed by atoms with Crippen molar-refractivity contribution in [1.82, 2.24) is 9.78 Å². The summed E-state index contributed by atoms with van der Waals surface area (Å²) >= 11 is 0. The number of carbonyl (C=O) groups is 1. The number of ether oxygens (including phenoxy) is 1. The molecule has 0 atom stereocenters. The second kappa shape index (κ2) is 6.35. The van der Waals surface area contributed by atoms with Crippen LogP contribution in [0.25, 0.3) is 16.8 Å². The van der Waals surface area contributed by atoms with E-state index in [-0.39, 0.29) is 18.7 Å². The van der Waals surface area contributed by atoms with Gasteiger partial charge in [0.25, 0.3) is 5.56 Å². The highest BCUT2D eigenvalue weighted by Crippen LogP contribution is 2.17. The molecule has 5 heteroatoms. The number of rotatable bonds is 5. The predicted molar refractivity (Wildman–Crippen MR) is 82.1 cm³/mol. The molecule has 0 amide bonds. The minimum Gasteiger partial charge on any atom is -0.465 e. The first-order valence-electron chi connectivity index (χ1n) is 6.92. The van der Waals surface area contributed by atoms with Crippen molar-refractivity contribution in [3.63, 3.8) is 0 Å². The second-order valence-corrected chi connectivity index (χ2v) is 4.58. The molecule has 0 N–H and O–H groups in total. The fourth-order valence-electron chi connectivity index (χ4n) is 2.20. The van der Waals surface area contributed by atoms with Crippen LogP contribution < -0.4 is 5.56 Å². The highest BCUT2D eigenvalue weighted by molar-refractivity contribution is 5.86. The first kappa shape index (κ1) is 15.0. The van der Waals surface area contributed by atoms with E-state index in [1.165, 1.54) is 4.68 Å². The molecule has 0 fully saturated rings. The fraction of sp³-hybridized carbons (Fsp3) is 0.312. The number of hydrogen-bond acceptors (Lipinski definition) is 4. The molecule has 2 aromatic rings. The molecule has 0 radical (unpaired) electrons. The normalized spacial score (nSPS) is 10.6. The van der Waals surface area contributed by atoms with Crippen LogP contribution in [-0.4, -0.2) is 22.4 Å². The Kier molecular flexibility index (Phi) is 4.52. The lowest BCUT2D eigenvalue weighted by atomic mass is 10.1. The summed E-state index contributed by atoms with van der Waals surface area (Å²) in [5.74, 6) is -0.462. The van der Waals surface area contributed by atoms with Crippen LogP contribution in [0, 0.1) is 0 Å². The van der Waals surface area contributed by atoms with Crippen molar-refractivity contribution >= 4 is 22.8 Å². The molecule has 0 saturated heterocycles. The van der Waals surface area contributed by atoms with Crippen LogP contribution in [0.15, 0.2) is 29.6 Å². The van der Waals surface area contributed by atoms with Gasteiger partial charge in [0.1, 0.15) is 6.54 Å². The molecule has 0 unspecified atom stereocenters. The molecule has 1 aromatic heterocycles. The zero-order valence-corrected chi connectivity index (χ0v) is 12.3. The molecule has 110 valence electrons. The quantitative estimate of drug-likeness (QED) is 0.790. The zero-order valence-electron chi connectivity index (χ0n) is 12.3. The fourth-order valence-corrected chi connectivity index (χ4v) is 2.20. The largest absolute Gasteiger partial charge is 0.465 e. The van der Waals surface area contributed by atoms with Gasteiger partial charge in [0.15, 0.2) is 0 Å². The number of carbonyl (C=O) groups excluding carboxylic acids is 1. The van der Waals surface area contributed by atoms with Crippen LogP contribution in [0.2, 0.25) is 0 Å². The maximum atomic E-state index is 12.4. The van der Waals surface area contributed by atoms with E-state index < -0.39 is 5.97 Å². The molecule has 0 saturated carbocycles. The lowest BCUT2D eigenvalue weighted by Gasteiger charge is -2.10. The lowest BCUT2D eigenvalue weighted by molar-refractivity contribution is -0.144. The van der Waals surface area contributed by atoms with Crippen LogP contribution in [0.3, 0.4) is 0 Å². The minimum absolute atomic E-state index is 0.168. The van der Waals surface area contributed by atoms with Crippen molar-refractivity contribution in [2.75, 3.05) is 6.61 Å². The van der Waals surface area contributed by atoms with E-state index in [2.05, 4.69) is 11.7 Å². The van der Waals surface area contributed by atoms with Crippen molar-refractivity contribution in [3.05, 3.63) is 46.4 Å². The van der Waals surface area contributed by atoms with Crippen LogP contribution >= 0.6 is 0 Å². The summed E-state index contributed by atoms with van der Waals surface area (Å²) in [5.41, 5.74) is 1.42. The molecule has 1 heterocycles. The van der Waals surface area contributed by atoms with Gasteiger partial charge in [0.2, 0.25) is 0 Å². The summed E-state index contributed by atoms with van der Waals surface area (Å²) in [6, 6.07) is 5.46. The second-order valence-electron chi connectivity index (χ2n) is 4.58. The number of hydrogen-bond donors (Lipinski definition) is 0. The van der Waals surface area contributed by atoms with Gasteiger partial charge < -0.3 is 4.74 Å². The molecule has 2 rings (SSSR count). The summed E-state index contributed by atoms with van der Waals surface area (Å²) in [4.78, 5) is 24.0. The first-order chi connectivity index (χ1) is 10.1. The molecule has 0 aliphatic rings. The van der Waals surface area contributed by atoms with Gasteiger partial charge in [-0.15, -0.1) is 0 Å². The summed E-state index contributed by atoms with van der Waals surface area (Å²) < 4.78 is 6.04. The monoisotopic (exact) mass is 286 g/mol. The Morgan fingerprint density at radius 2 is 2.14 bits per heavy atom. The molecule has 0 spiro atoms. The summed E-state index contributed by atoms with van der Waals surface area (Å²) in [5, 5.41) is 5.64. The van der Waals surface area contributed by atoms with Gasteiger partial charge in [-0.1, -0.05) is 25.6 Å². The molecular formula is C16H18N2O3. The number of benzene rings is 1. The lowest BCUT2D eigenvalue weighted by Crippen LogP contribution is -2.29. The van der Waals surface area contributed by atoms with Gasteiger partial charge in [0, 0.05) is 5.39 Å². The number of aryl methyl sites for hydroxylation is 1. The number of fused-ring (bicyclic) bond motifs is 1. The SMILES string of the molecule is C=Cc1ccc2c(=O)n(CC(=O)OCC)nc(CC)c2c1. The molecule has 21 heavy (non-hydrogen) atoms. The van der Waals surface area contributed by atoms with Crippen molar-refractivity contribution in [3.8, 4) is 0 Å². The standard InChI is InChI=1S/C16H18N2O3/c1-4-11-7-8-12-13(9-11)14(5-2)17-18(16(12)20)10-15(19)21-6-3/h4,7-9H,1,5-6,10H2,2-3H3. The Labute approximate surface area is 122 Å². The van der Waals surface area contributed by atoms with Crippen LogP contribution in [-0.2, 0) is 22.5 Å². The molecular weight excluding hydrogens is 268 g/mol. The average Bonchev–Trinajstić information content (AvgIpc) is 2.49. The third-order valence-electron chi connectivity index (χ3n) is 3.22. The van der Waals surface area contributed by atoms with E-state index in [0.29, 0.717) is 11.8 Å².